The van der Waals surface area contributed by atoms with Crippen LogP contribution >= 0.6 is 11.3 Å². The number of thiazole rings is 1. The van der Waals surface area contributed by atoms with Crippen molar-refractivity contribution in [3.8, 4) is 21.9 Å². The average molecular weight is 321 g/mol. The molecule has 0 bridgehead atoms. The van der Waals surface area contributed by atoms with Crippen molar-refractivity contribution in [3.05, 3.63) is 23.9 Å². The summed E-state index contributed by atoms with van der Waals surface area (Å²) in [7, 11) is 0. The Bertz CT molecular complexity index is 613. The first-order chi connectivity index (χ1) is 10.7. The van der Waals surface area contributed by atoms with E-state index in [0.717, 1.165) is 40.5 Å². The number of hydrogen-bond donors (Lipinski definition) is 2. The fourth-order valence-electron chi connectivity index (χ4n) is 2.09. The van der Waals surface area contributed by atoms with Crippen LogP contribution in [0, 0.1) is 6.92 Å². The molecule has 2 rings (SSSR count). The Morgan fingerprint density at radius 1 is 1.23 bits per heavy atom. The number of benzene rings is 1. The lowest BCUT2D eigenvalue weighted by Crippen LogP contribution is -2.05. The molecular weight excluding hydrogens is 298 g/mol. The summed E-state index contributed by atoms with van der Waals surface area (Å²) < 4.78 is 11.5. The molecule has 1 heterocycles. The summed E-state index contributed by atoms with van der Waals surface area (Å²) >= 11 is 1.52. The molecule has 2 aromatic rings. The van der Waals surface area contributed by atoms with Gasteiger partial charge in [0.05, 0.1) is 23.8 Å². The van der Waals surface area contributed by atoms with Gasteiger partial charge in [0.15, 0.2) is 16.6 Å². The highest BCUT2D eigenvalue weighted by atomic mass is 32.1. The number of rotatable bonds is 8. The first-order valence-corrected chi connectivity index (χ1v) is 8.35. The lowest BCUT2D eigenvalue weighted by Gasteiger charge is -2.13. The van der Waals surface area contributed by atoms with Crippen LogP contribution in [0.5, 0.6) is 11.5 Å². The van der Waals surface area contributed by atoms with E-state index in [1.54, 1.807) is 0 Å². The Balaban J connectivity index is 2.29. The molecule has 0 radical (unpaired) electrons. The fourth-order valence-corrected chi connectivity index (χ4v) is 2.96. The summed E-state index contributed by atoms with van der Waals surface area (Å²) in [4.78, 5) is 5.45. The van der Waals surface area contributed by atoms with Crippen LogP contribution in [0.2, 0.25) is 0 Å². The number of anilines is 1. The van der Waals surface area contributed by atoms with Crippen LogP contribution in [-0.4, -0.2) is 18.2 Å². The highest BCUT2D eigenvalue weighted by molar-refractivity contribution is 7.19. The molecule has 0 unspecified atom stereocenters. The molecule has 0 aliphatic rings. The normalized spacial score (nSPS) is 10.5. The standard InChI is InChI=1S/C16H23N3O2S/c1-4-6-9-21-13-8-7-12(10-14(13)20-5-2)15-11(3)18-16(19-17)22-15/h7-8,10H,4-6,9,17H2,1-3H3,(H,18,19). The third kappa shape index (κ3) is 3.90. The molecule has 0 amide bonds. The van der Waals surface area contributed by atoms with Gasteiger partial charge in [0.2, 0.25) is 0 Å². The SMILES string of the molecule is CCCCOc1ccc(-c2sc(NN)nc2C)cc1OCC. The molecule has 22 heavy (non-hydrogen) atoms. The molecule has 0 saturated carbocycles. The van der Waals surface area contributed by atoms with E-state index in [9.17, 15) is 0 Å². The summed E-state index contributed by atoms with van der Waals surface area (Å²) in [6.45, 7) is 7.39. The lowest BCUT2D eigenvalue weighted by molar-refractivity contribution is 0.273. The van der Waals surface area contributed by atoms with Crippen molar-refractivity contribution in [2.45, 2.75) is 33.6 Å². The monoisotopic (exact) mass is 321 g/mol. The molecule has 0 atom stereocenters. The summed E-state index contributed by atoms with van der Waals surface area (Å²) in [5.74, 6) is 6.99. The van der Waals surface area contributed by atoms with Crippen LogP contribution in [0.25, 0.3) is 10.4 Å². The van der Waals surface area contributed by atoms with E-state index < -0.39 is 0 Å². The molecule has 3 N–H and O–H groups in total. The highest BCUT2D eigenvalue weighted by Crippen LogP contribution is 2.37. The van der Waals surface area contributed by atoms with Crippen molar-refractivity contribution in [2.24, 2.45) is 5.84 Å². The molecule has 0 spiro atoms. The van der Waals surface area contributed by atoms with Gasteiger partial charge in [-0.3, -0.25) is 5.43 Å². The zero-order valence-corrected chi connectivity index (χ0v) is 14.1. The zero-order valence-electron chi connectivity index (χ0n) is 13.3. The molecule has 1 aromatic heterocycles. The van der Waals surface area contributed by atoms with Crippen molar-refractivity contribution < 1.29 is 9.47 Å². The van der Waals surface area contributed by atoms with E-state index >= 15 is 0 Å². The van der Waals surface area contributed by atoms with Crippen molar-refractivity contribution in [3.63, 3.8) is 0 Å². The van der Waals surface area contributed by atoms with E-state index in [1.165, 1.54) is 11.3 Å². The number of unbranched alkanes of at least 4 members (excludes halogenated alkanes) is 1. The van der Waals surface area contributed by atoms with E-state index in [1.807, 2.05) is 32.0 Å². The molecule has 0 saturated heterocycles. The molecule has 0 aliphatic heterocycles. The predicted molar refractivity (Wildman–Crippen MR) is 91.7 cm³/mol. The van der Waals surface area contributed by atoms with Crippen molar-refractivity contribution in [1.82, 2.24) is 4.98 Å². The number of aryl methyl sites for hydroxylation is 1. The molecule has 6 heteroatoms. The van der Waals surface area contributed by atoms with Crippen molar-refractivity contribution in [1.29, 1.82) is 0 Å². The largest absolute Gasteiger partial charge is 0.490 e. The van der Waals surface area contributed by atoms with Crippen LogP contribution in [0.15, 0.2) is 18.2 Å². The third-order valence-electron chi connectivity index (χ3n) is 3.18. The van der Waals surface area contributed by atoms with Crippen LogP contribution in [0.1, 0.15) is 32.4 Å². The minimum absolute atomic E-state index is 0.602. The lowest BCUT2D eigenvalue weighted by atomic mass is 10.1. The second-order valence-corrected chi connectivity index (χ2v) is 5.87. The highest BCUT2D eigenvalue weighted by Gasteiger charge is 2.13. The maximum absolute atomic E-state index is 5.81. The predicted octanol–water partition coefficient (Wildman–Crippen LogP) is 3.98. The number of hydrazine groups is 1. The molecule has 5 nitrogen and oxygen atoms in total. The van der Waals surface area contributed by atoms with Crippen molar-refractivity contribution >= 4 is 16.5 Å². The Morgan fingerprint density at radius 3 is 2.68 bits per heavy atom. The van der Waals surface area contributed by atoms with E-state index in [0.29, 0.717) is 18.3 Å². The number of nitrogens with one attached hydrogen (secondary N) is 1. The van der Waals surface area contributed by atoms with Gasteiger partial charge < -0.3 is 9.47 Å². The van der Waals surface area contributed by atoms with Gasteiger partial charge in [-0.2, -0.15) is 0 Å². The summed E-state index contributed by atoms with van der Waals surface area (Å²) in [6, 6.07) is 6.00. The van der Waals surface area contributed by atoms with E-state index in [2.05, 4.69) is 17.3 Å². The summed E-state index contributed by atoms with van der Waals surface area (Å²) in [5.41, 5.74) is 4.60. The van der Waals surface area contributed by atoms with E-state index in [-0.39, 0.29) is 0 Å². The Hall–Kier alpha value is -1.79. The first-order valence-electron chi connectivity index (χ1n) is 7.53. The minimum atomic E-state index is 0.602. The van der Waals surface area contributed by atoms with Gasteiger partial charge >= 0.3 is 0 Å². The minimum Gasteiger partial charge on any atom is -0.490 e. The Morgan fingerprint density at radius 2 is 2.05 bits per heavy atom. The van der Waals surface area contributed by atoms with Gasteiger partial charge in [0, 0.05) is 0 Å². The molecular formula is C16H23N3O2S. The van der Waals surface area contributed by atoms with Gasteiger partial charge in [0.1, 0.15) is 0 Å². The smallest absolute Gasteiger partial charge is 0.197 e. The van der Waals surface area contributed by atoms with Crippen LogP contribution in [0.4, 0.5) is 5.13 Å². The number of nitrogens with zero attached hydrogens (tertiary/aromatic N) is 1. The maximum atomic E-state index is 5.81. The van der Waals surface area contributed by atoms with Gasteiger partial charge in [-0.25, -0.2) is 10.8 Å². The number of hydrogen-bond acceptors (Lipinski definition) is 6. The number of nitrogens with two attached hydrogens (primary N) is 1. The Kier molecular flexibility index (Phi) is 6.03. The van der Waals surface area contributed by atoms with Crippen LogP contribution in [0.3, 0.4) is 0 Å². The maximum Gasteiger partial charge on any atom is 0.197 e. The molecule has 1 aromatic carbocycles. The molecule has 0 fully saturated rings. The fraction of sp³-hybridized carbons (Fsp3) is 0.438. The van der Waals surface area contributed by atoms with E-state index in [4.69, 9.17) is 15.3 Å². The number of aromatic nitrogens is 1. The zero-order chi connectivity index (χ0) is 15.9. The summed E-state index contributed by atoms with van der Waals surface area (Å²) in [6.07, 6.45) is 2.14. The van der Waals surface area contributed by atoms with Gasteiger partial charge in [-0.05, 0) is 44.0 Å². The summed E-state index contributed by atoms with van der Waals surface area (Å²) in [5, 5.41) is 0.703. The number of nitrogen functional groups attached to an aromatic ring is 1. The number of ether oxygens (including phenoxy) is 2. The second kappa shape index (κ2) is 8.00. The Labute approximate surface area is 135 Å². The van der Waals surface area contributed by atoms with Gasteiger partial charge in [-0.15, -0.1) is 0 Å². The average Bonchev–Trinajstić information content (AvgIpc) is 2.90. The third-order valence-corrected chi connectivity index (χ3v) is 4.32. The molecule has 120 valence electrons. The van der Waals surface area contributed by atoms with Gasteiger partial charge in [0.25, 0.3) is 0 Å². The molecule has 0 aliphatic carbocycles. The van der Waals surface area contributed by atoms with Crippen LogP contribution < -0.4 is 20.7 Å². The first kappa shape index (κ1) is 16.6. The topological polar surface area (TPSA) is 69.4 Å². The second-order valence-electron chi connectivity index (χ2n) is 4.87. The van der Waals surface area contributed by atoms with Crippen molar-refractivity contribution in [2.75, 3.05) is 18.6 Å². The van der Waals surface area contributed by atoms with Gasteiger partial charge in [-0.1, -0.05) is 24.7 Å². The quantitative estimate of drug-likeness (QED) is 0.437. The van der Waals surface area contributed by atoms with Crippen LogP contribution in [-0.2, 0) is 0 Å².